The molecule has 0 bridgehead atoms. The van der Waals surface area contributed by atoms with Crippen LogP contribution < -0.4 is 5.32 Å². The molecule has 0 amide bonds. The zero-order chi connectivity index (χ0) is 12.1. The van der Waals surface area contributed by atoms with Gasteiger partial charge in [0.1, 0.15) is 0 Å². The molecule has 0 fully saturated rings. The zero-order valence-electron chi connectivity index (χ0n) is 9.56. The normalized spacial score (nSPS) is 11.5. The van der Waals surface area contributed by atoms with Crippen LogP contribution >= 0.6 is 0 Å². The van der Waals surface area contributed by atoms with Gasteiger partial charge in [-0.1, -0.05) is 6.07 Å². The second-order valence-electron chi connectivity index (χ2n) is 4.02. The van der Waals surface area contributed by atoms with Gasteiger partial charge in [-0.15, -0.1) is 0 Å². The highest BCUT2D eigenvalue weighted by atomic mass is 16.3. The van der Waals surface area contributed by atoms with E-state index in [0.717, 1.165) is 24.0 Å². The molecule has 4 N–H and O–H groups in total. The van der Waals surface area contributed by atoms with E-state index in [0.29, 0.717) is 0 Å². The molecule has 0 spiro atoms. The molecule has 2 aromatic rings. The van der Waals surface area contributed by atoms with Gasteiger partial charge in [0.15, 0.2) is 0 Å². The Bertz CT molecular complexity index is 465. The Hall–Kier alpha value is -1.43. The van der Waals surface area contributed by atoms with Crippen LogP contribution in [0.3, 0.4) is 0 Å². The summed E-state index contributed by atoms with van der Waals surface area (Å²) in [5.41, 5.74) is 3.19. The van der Waals surface area contributed by atoms with Crippen molar-refractivity contribution in [3.05, 3.63) is 30.1 Å². The molecule has 1 aromatic carbocycles. The van der Waals surface area contributed by atoms with E-state index in [2.05, 4.69) is 21.4 Å². The van der Waals surface area contributed by atoms with Gasteiger partial charge in [0.05, 0.1) is 36.6 Å². The first kappa shape index (κ1) is 12.0. The lowest BCUT2D eigenvalue weighted by Gasteiger charge is -2.12. The van der Waals surface area contributed by atoms with Crippen LogP contribution in [-0.2, 0) is 6.42 Å². The summed E-state index contributed by atoms with van der Waals surface area (Å²) >= 11 is 0. The number of fused-ring (bicyclic) bond motifs is 1. The molecule has 1 heterocycles. The molecule has 0 aliphatic carbocycles. The maximum atomic E-state index is 8.90. The predicted molar refractivity (Wildman–Crippen MR) is 65.8 cm³/mol. The average Bonchev–Trinajstić information content (AvgIpc) is 2.82. The Morgan fingerprint density at radius 3 is 2.88 bits per heavy atom. The molecule has 1 aromatic heterocycles. The maximum absolute atomic E-state index is 8.90. The first-order chi connectivity index (χ1) is 8.33. The van der Waals surface area contributed by atoms with Gasteiger partial charge in [0.2, 0.25) is 0 Å². The summed E-state index contributed by atoms with van der Waals surface area (Å²) < 4.78 is 0. The molecular weight excluding hydrogens is 218 g/mol. The first-order valence-electron chi connectivity index (χ1n) is 5.70. The highest BCUT2D eigenvalue weighted by Crippen LogP contribution is 2.11. The van der Waals surface area contributed by atoms with Crippen LogP contribution in [0.5, 0.6) is 0 Å². The molecule has 0 saturated heterocycles. The van der Waals surface area contributed by atoms with Crippen molar-refractivity contribution in [2.75, 3.05) is 19.8 Å². The number of imidazole rings is 1. The Kier molecular flexibility index (Phi) is 4.08. The van der Waals surface area contributed by atoms with Crippen molar-refractivity contribution in [3.8, 4) is 0 Å². The van der Waals surface area contributed by atoms with Gasteiger partial charge in [0, 0.05) is 0 Å². The van der Waals surface area contributed by atoms with Gasteiger partial charge < -0.3 is 20.5 Å². The summed E-state index contributed by atoms with van der Waals surface area (Å²) in [6.07, 6.45) is 2.53. The van der Waals surface area contributed by atoms with Crippen molar-refractivity contribution in [3.63, 3.8) is 0 Å². The number of nitrogens with one attached hydrogen (secondary N) is 2. The quantitative estimate of drug-likeness (QED) is 0.570. The standard InChI is InChI=1S/C12H17N3O2/c16-6-10(7-17)13-4-3-9-1-2-11-12(5-9)15-8-14-11/h1-2,5,8,10,13,16-17H,3-4,6-7H2,(H,14,15). The summed E-state index contributed by atoms with van der Waals surface area (Å²) in [5, 5.41) is 20.9. The summed E-state index contributed by atoms with van der Waals surface area (Å²) in [6.45, 7) is 0.637. The lowest BCUT2D eigenvalue weighted by atomic mass is 10.1. The van der Waals surface area contributed by atoms with Crippen LogP contribution in [0.25, 0.3) is 11.0 Å². The van der Waals surface area contributed by atoms with E-state index in [1.54, 1.807) is 6.33 Å². The highest BCUT2D eigenvalue weighted by molar-refractivity contribution is 5.74. The Morgan fingerprint density at radius 1 is 1.29 bits per heavy atom. The van der Waals surface area contributed by atoms with Crippen molar-refractivity contribution < 1.29 is 10.2 Å². The van der Waals surface area contributed by atoms with Crippen molar-refractivity contribution in [2.45, 2.75) is 12.5 Å². The first-order valence-corrected chi connectivity index (χ1v) is 5.70. The fourth-order valence-electron chi connectivity index (χ4n) is 1.75. The minimum absolute atomic E-state index is 0.0456. The van der Waals surface area contributed by atoms with Crippen molar-refractivity contribution in [1.29, 1.82) is 0 Å². The lowest BCUT2D eigenvalue weighted by molar-refractivity contribution is 0.171. The Labute approximate surface area is 99.5 Å². The topological polar surface area (TPSA) is 81.2 Å². The number of nitrogens with zero attached hydrogens (tertiary/aromatic N) is 1. The third kappa shape index (κ3) is 3.03. The molecule has 0 atom stereocenters. The third-order valence-corrected chi connectivity index (χ3v) is 2.77. The molecule has 2 rings (SSSR count). The number of rotatable bonds is 6. The zero-order valence-corrected chi connectivity index (χ0v) is 9.56. The van der Waals surface area contributed by atoms with E-state index >= 15 is 0 Å². The fraction of sp³-hybridized carbons (Fsp3) is 0.417. The Balaban J connectivity index is 1.90. The predicted octanol–water partition coefficient (Wildman–Crippen LogP) is 0.0482. The lowest BCUT2D eigenvalue weighted by Crippen LogP contribution is -2.36. The molecule has 0 radical (unpaired) electrons. The van der Waals surface area contributed by atoms with Crippen LogP contribution in [0.1, 0.15) is 5.56 Å². The summed E-state index contributed by atoms with van der Waals surface area (Å²) in [7, 11) is 0. The SMILES string of the molecule is OCC(CO)NCCc1ccc2nc[nH]c2c1. The van der Waals surface area contributed by atoms with Crippen molar-refractivity contribution in [1.82, 2.24) is 15.3 Å². The molecule has 17 heavy (non-hydrogen) atoms. The van der Waals surface area contributed by atoms with Crippen molar-refractivity contribution in [2.24, 2.45) is 0 Å². The van der Waals surface area contributed by atoms with E-state index in [4.69, 9.17) is 10.2 Å². The van der Waals surface area contributed by atoms with Crippen LogP contribution in [0.4, 0.5) is 0 Å². The smallest absolute Gasteiger partial charge is 0.0931 e. The van der Waals surface area contributed by atoms with Crippen LogP contribution in [-0.4, -0.2) is 46.0 Å². The molecule has 5 nitrogen and oxygen atoms in total. The maximum Gasteiger partial charge on any atom is 0.0931 e. The average molecular weight is 235 g/mol. The number of benzene rings is 1. The molecular formula is C12H17N3O2. The van der Waals surface area contributed by atoms with Gasteiger partial charge >= 0.3 is 0 Å². The summed E-state index contributed by atoms with van der Waals surface area (Å²) in [5.74, 6) is 0. The number of hydrogen-bond donors (Lipinski definition) is 4. The van der Waals surface area contributed by atoms with Gasteiger partial charge in [-0.2, -0.15) is 0 Å². The fourth-order valence-corrected chi connectivity index (χ4v) is 1.75. The molecule has 92 valence electrons. The van der Waals surface area contributed by atoms with E-state index in [1.807, 2.05) is 12.1 Å². The monoisotopic (exact) mass is 235 g/mol. The molecule has 0 aliphatic rings. The van der Waals surface area contributed by atoms with E-state index in [1.165, 1.54) is 5.56 Å². The Morgan fingerprint density at radius 2 is 2.12 bits per heavy atom. The van der Waals surface area contributed by atoms with E-state index < -0.39 is 0 Å². The van der Waals surface area contributed by atoms with Gasteiger partial charge in [-0.3, -0.25) is 0 Å². The van der Waals surface area contributed by atoms with Crippen LogP contribution in [0.15, 0.2) is 24.5 Å². The van der Waals surface area contributed by atoms with Gasteiger partial charge in [-0.25, -0.2) is 4.98 Å². The van der Waals surface area contributed by atoms with Crippen LogP contribution in [0.2, 0.25) is 0 Å². The number of aliphatic hydroxyl groups is 2. The van der Waals surface area contributed by atoms with Gasteiger partial charge in [-0.05, 0) is 30.7 Å². The van der Waals surface area contributed by atoms with E-state index in [9.17, 15) is 0 Å². The van der Waals surface area contributed by atoms with Crippen molar-refractivity contribution >= 4 is 11.0 Å². The molecule has 0 saturated carbocycles. The van der Waals surface area contributed by atoms with E-state index in [-0.39, 0.29) is 19.3 Å². The molecule has 0 aliphatic heterocycles. The largest absolute Gasteiger partial charge is 0.395 e. The number of aromatic nitrogens is 2. The second-order valence-corrected chi connectivity index (χ2v) is 4.02. The second kappa shape index (κ2) is 5.77. The van der Waals surface area contributed by atoms with Gasteiger partial charge in [0.25, 0.3) is 0 Å². The van der Waals surface area contributed by atoms with Crippen LogP contribution in [0, 0.1) is 0 Å². The minimum Gasteiger partial charge on any atom is -0.395 e. The number of aromatic amines is 1. The molecule has 0 unspecified atom stereocenters. The molecule has 5 heteroatoms. The summed E-state index contributed by atoms with van der Waals surface area (Å²) in [4.78, 5) is 7.23. The number of aliphatic hydroxyl groups excluding tert-OH is 2. The minimum atomic E-state index is -0.231. The highest BCUT2D eigenvalue weighted by Gasteiger charge is 2.04. The number of hydrogen-bond acceptors (Lipinski definition) is 4. The number of H-pyrrole nitrogens is 1. The summed E-state index contributed by atoms with van der Waals surface area (Å²) in [6, 6.07) is 5.86. The third-order valence-electron chi connectivity index (χ3n) is 2.77.